The summed E-state index contributed by atoms with van der Waals surface area (Å²) in [5.74, 6) is -0.499. The number of nitrogens with one attached hydrogen (secondary N) is 2. The lowest BCUT2D eigenvalue weighted by Crippen LogP contribution is -2.48. The van der Waals surface area contributed by atoms with Crippen molar-refractivity contribution in [3.05, 3.63) is 30.1 Å². The van der Waals surface area contributed by atoms with E-state index in [1.807, 2.05) is 20.8 Å². The summed E-state index contributed by atoms with van der Waals surface area (Å²) in [5, 5.41) is 13.3. The average Bonchev–Trinajstić information content (AvgIpc) is 2.84. The summed E-state index contributed by atoms with van der Waals surface area (Å²) in [7, 11) is 1.69. The molecule has 0 fully saturated rings. The fraction of sp³-hybridized carbons (Fsp3) is 0.375. The highest BCUT2D eigenvalue weighted by Gasteiger charge is 2.18. The quantitative estimate of drug-likeness (QED) is 0.812. The first-order chi connectivity index (χ1) is 11.7. The largest absolute Gasteiger partial charge is 0.333 e. The number of nitrogens with zero attached hydrogens (tertiary/aromatic N) is 3. The van der Waals surface area contributed by atoms with Crippen LogP contribution >= 0.6 is 11.8 Å². The molecule has 0 spiro atoms. The lowest BCUT2D eigenvalue weighted by molar-refractivity contribution is -0.117. The molecule has 0 aliphatic rings. The smallest absolute Gasteiger partial charge is 0.321 e. The zero-order valence-corrected chi connectivity index (χ0v) is 15.3. The summed E-state index contributed by atoms with van der Waals surface area (Å²) >= 11 is 1.11. The van der Waals surface area contributed by atoms with Crippen molar-refractivity contribution < 1.29 is 14.0 Å². The van der Waals surface area contributed by atoms with Gasteiger partial charge in [-0.2, -0.15) is 0 Å². The van der Waals surface area contributed by atoms with Crippen LogP contribution in [0.1, 0.15) is 20.8 Å². The number of rotatable bonds is 4. The van der Waals surface area contributed by atoms with Crippen molar-refractivity contribution in [1.29, 1.82) is 0 Å². The zero-order valence-electron chi connectivity index (χ0n) is 14.5. The summed E-state index contributed by atoms with van der Waals surface area (Å²) in [4.78, 5) is 23.5. The van der Waals surface area contributed by atoms with Crippen molar-refractivity contribution in [3.63, 3.8) is 0 Å². The Morgan fingerprint density at radius 2 is 1.92 bits per heavy atom. The van der Waals surface area contributed by atoms with Crippen LogP contribution < -0.4 is 10.6 Å². The Hall–Kier alpha value is -2.42. The van der Waals surface area contributed by atoms with Crippen molar-refractivity contribution in [2.75, 3.05) is 5.75 Å². The molecule has 1 aromatic carbocycles. The van der Waals surface area contributed by atoms with E-state index in [0.29, 0.717) is 16.5 Å². The number of amides is 3. The van der Waals surface area contributed by atoms with E-state index in [0.717, 1.165) is 11.8 Å². The minimum absolute atomic E-state index is 0.0131. The number of benzene rings is 1. The summed E-state index contributed by atoms with van der Waals surface area (Å²) in [5.41, 5.74) is -0.103. The molecule has 2 N–H and O–H groups in total. The standard InChI is InChI=1S/C16H20FN5O2S/c1-16(2,3)19-14(24)18-12(23)9-25-15-21-20-13(22(15)4)10-7-5-6-8-11(10)17/h5-8H,9H2,1-4H3,(H2,18,19,23,24). The number of aromatic nitrogens is 3. The van der Waals surface area contributed by atoms with Crippen LogP contribution in [0.3, 0.4) is 0 Å². The predicted molar refractivity (Wildman–Crippen MR) is 93.5 cm³/mol. The highest BCUT2D eigenvalue weighted by atomic mass is 32.2. The van der Waals surface area contributed by atoms with E-state index >= 15 is 0 Å². The van der Waals surface area contributed by atoms with E-state index in [1.165, 1.54) is 6.07 Å². The molecule has 2 rings (SSSR count). The van der Waals surface area contributed by atoms with Crippen molar-refractivity contribution in [2.24, 2.45) is 7.05 Å². The third-order valence-corrected chi connectivity index (χ3v) is 4.04. The van der Waals surface area contributed by atoms with Gasteiger partial charge in [-0.05, 0) is 32.9 Å². The van der Waals surface area contributed by atoms with Gasteiger partial charge in [-0.1, -0.05) is 23.9 Å². The first kappa shape index (κ1) is 18.9. The second-order valence-corrected chi connectivity index (χ2v) is 7.33. The summed E-state index contributed by atoms with van der Waals surface area (Å²) in [6.07, 6.45) is 0. The third-order valence-electron chi connectivity index (χ3n) is 3.02. The molecule has 1 heterocycles. The first-order valence-corrected chi connectivity index (χ1v) is 8.55. The molecule has 134 valence electrons. The molecular weight excluding hydrogens is 345 g/mol. The van der Waals surface area contributed by atoms with Gasteiger partial charge in [0.05, 0.1) is 11.3 Å². The topological polar surface area (TPSA) is 88.9 Å². The Balaban J connectivity index is 1.97. The third kappa shape index (κ3) is 5.28. The summed E-state index contributed by atoms with van der Waals surface area (Å²) in [6.45, 7) is 5.45. The van der Waals surface area contributed by atoms with Crippen LogP contribution in [0.15, 0.2) is 29.4 Å². The van der Waals surface area contributed by atoms with Crippen LogP contribution in [0.4, 0.5) is 9.18 Å². The van der Waals surface area contributed by atoms with Gasteiger partial charge in [0, 0.05) is 12.6 Å². The molecule has 0 unspecified atom stereocenters. The molecule has 0 saturated carbocycles. The van der Waals surface area contributed by atoms with E-state index in [-0.39, 0.29) is 5.75 Å². The Kier molecular flexibility index (Phi) is 5.78. The molecule has 0 radical (unpaired) electrons. The SMILES string of the molecule is Cn1c(SCC(=O)NC(=O)NC(C)(C)C)nnc1-c1ccccc1F. The van der Waals surface area contributed by atoms with Gasteiger partial charge in [-0.3, -0.25) is 10.1 Å². The average molecular weight is 365 g/mol. The number of hydrogen-bond acceptors (Lipinski definition) is 5. The number of carbonyl (C=O) groups excluding carboxylic acids is 2. The minimum atomic E-state index is -0.553. The van der Waals surface area contributed by atoms with E-state index in [1.54, 1.807) is 29.8 Å². The van der Waals surface area contributed by atoms with Crippen LogP contribution in [0.5, 0.6) is 0 Å². The molecule has 0 aliphatic heterocycles. The van der Waals surface area contributed by atoms with Crippen molar-refractivity contribution in [2.45, 2.75) is 31.5 Å². The molecule has 0 saturated heterocycles. The number of carbonyl (C=O) groups is 2. The molecule has 0 aliphatic carbocycles. The highest BCUT2D eigenvalue weighted by Crippen LogP contribution is 2.24. The number of hydrogen-bond donors (Lipinski definition) is 2. The van der Waals surface area contributed by atoms with E-state index < -0.39 is 23.3 Å². The number of urea groups is 1. The van der Waals surface area contributed by atoms with Gasteiger partial charge in [0.1, 0.15) is 5.82 Å². The van der Waals surface area contributed by atoms with E-state index in [2.05, 4.69) is 20.8 Å². The molecule has 1 aromatic heterocycles. The Morgan fingerprint density at radius 3 is 2.56 bits per heavy atom. The zero-order chi connectivity index (χ0) is 18.6. The molecule has 25 heavy (non-hydrogen) atoms. The van der Waals surface area contributed by atoms with Crippen LogP contribution in [-0.4, -0.2) is 38.0 Å². The molecule has 9 heteroatoms. The number of halogens is 1. The fourth-order valence-corrected chi connectivity index (χ4v) is 2.69. The first-order valence-electron chi connectivity index (χ1n) is 7.56. The predicted octanol–water partition coefficient (Wildman–Crippen LogP) is 2.34. The highest BCUT2D eigenvalue weighted by molar-refractivity contribution is 7.99. The molecule has 3 amide bonds. The lowest BCUT2D eigenvalue weighted by atomic mass is 10.1. The minimum Gasteiger partial charge on any atom is -0.333 e. The summed E-state index contributed by atoms with van der Waals surface area (Å²) < 4.78 is 15.5. The monoisotopic (exact) mass is 365 g/mol. The number of thioether (sulfide) groups is 1. The molecule has 0 bridgehead atoms. The van der Waals surface area contributed by atoms with Crippen LogP contribution in [0, 0.1) is 5.82 Å². The second kappa shape index (κ2) is 7.64. The molecule has 7 nitrogen and oxygen atoms in total. The van der Waals surface area contributed by atoms with E-state index in [9.17, 15) is 14.0 Å². The maximum atomic E-state index is 13.9. The normalized spacial score (nSPS) is 11.2. The fourth-order valence-electron chi connectivity index (χ4n) is 1.98. The second-order valence-electron chi connectivity index (χ2n) is 6.39. The maximum Gasteiger partial charge on any atom is 0.321 e. The van der Waals surface area contributed by atoms with Crippen LogP contribution in [0.2, 0.25) is 0 Å². The Labute approximate surface area is 149 Å². The maximum absolute atomic E-state index is 13.9. The van der Waals surface area contributed by atoms with Crippen molar-refractivity contribution >= 4 is 23.7 Å². The summed E-state index contributed by atoms with van der Waals surface area (Å²) in [6, 6.07) is 5.71. The Bertz CT molecular complexity index is 785. The van der Waals surface area contributed by atoms with Gasteiger partial charge in [0.15, 0.2) is 11.0 Å². The molecule has 2 aromatic rings. The van der Waals surface area contributed by atoms with Gasteiger partial charge in [0.2, 0.25) is 5.91 Å². The molecular formula is C16H20FN5O2S. The van der Waals surface area contributed by atoms with E-state index in [4.69, 9.17) is 0 Å². The van der Waals surface area contributed by atoms with Crippen LogP contribution in [-0.2, 0) is 11.8 Å². The van der Waals surface area contributed by atoms with Gasteiger partial charge in [0.25, 0.3) is 0 Å². The van der Waals surface area contributed by atoms with Gasteiger partial charge in [-0.25, -0.2) is 9.18 Å². The number of imide groups is 1. The van der Waals surface area contributed by atoms with Gasteiger partial charge in [-0.15, -0.1) is 10.2 Å². The lowest BCUT2D eigenvalue weighted by Gasteiger charge is -2.20. The molecule has 0 atom stereocenters. The Morgan fingerprint density at radius 1 is 1.24 bits per heavy atom. The van der Waals surface area contributed by atoms with Crippen molar-refractivity contribution in [1.82, 2.24) is 25.4 Å². The van der Waals surface area contributed by atoms with Crippen LogP contribution in [0.25, 0.3) is 11.4 Å². The van der Waals surface area contributed by atoms with Crippen molar-refractivity contribution in [3.8, 4) is 11.4 Å². The van der Waals surface area contributed by atoms with Gasteiger partial charge >= 0.3 is 6.03 Å². The van der Waals surface area contributed by atoms with Gasteiger partial charge < -0.3 is 9.88 Å².